The number of phenols is 1. The molecule has 2 N–H and O–H groups in total. The van der Waals surface area contributed by atoms with Gasteiger partial charge in [-0.3, -0.25) is 4.79 Å². The molecule has 0 unspecified atom stereocenters. The second-order valence-electron chi connectivity index (χ2n) is 5.91. The molecule has 1 atom stereocenters. The maximum atomic E-state index is 12.6. The summed E-state index contributed by atoms with van der Waals surface area (Å²) in [5.41, 5.74) is -0.186. The molecule has 0 fully saturated rings. The maximum Gasteiger partial charge on any atom is 0.343 e. The summed E-state index contributed by atoms with van der Waals surface area (Å²) in [7, 11) is 2.64. The first-order chi connectivity index (χ1) is 13.0. The predicted molar refractivity (Wildman–Crippen MR) is 97.3 cm³/mol. The molecule has 1 heterocycles. The fourth-order valence-electron chi connectivity index (χ4n) is 3.02. The average molecular weight is 370 g/mol. The summed E-state index contributed by atoms with van der Waals surface area (Å²) in [6.45, 7) is 0. The third kappa shape index (κ3) is 3.44. The van der Waals surface area contributed by atoms with Crippen molar-refractivity contribution in [1.82, 2.24) is 0 Å². The van der Waals surface area contributed by atoms with Crippen molar-refractivity contribution in [3.8, 4) is 17.2 Å². The Morgan fingerprint density at radius 3 is 2.56 bits per heavy atom. The standard InChI is InChI=1S/C20H18O7/c1-25-16-8-7-11(9-14(16)21)13(10-17(22)26-2)18-19(23)12-5-3-4-6-15(12)27-20(18)24/h3-9,13,21,23H,10H2,1-2H3/t13-/m0/s1. The number of rotatable bonds is 5. The Morgan fingerprint density at radius 1 is 1.15 bits per heavy atom. The molecule has 0 aliphatic rings. The highest BCUT2D eigenvalue weighted by Gasteiger charge is 2.28. The predicted octanol–water partition coefficient (Wildman–Crippen LogP) is 2.91. The SMILES string of the molecule is COC(=O)C[C@@H](c1ccc(OC)c(O)c1)c1c(O)c2ccccc2oc1=O. The fraction of sp³-hybridized carbons (Fsp3) is 0.200. The van der Waals surface area contributed by atoms with Gasteiger partial charge in [-0.1, -0.05) is 18.2 Å². The molecule has 7 nitrogen and oxygen atoms in total. The molecule has 140 valence electrons. The summed E-state index contributed by atoms with van der Waals surface area (Å²) in [6.07, 6.45) is -0.223. The molecule has 0 spiro atoms. The van der Waals surface area contributed by atoms with E-state index in [2.05, 4.69) is 0 Å². The Morgan fingerprint density at radius 2 is 1.89 bits per heavy atom. The zero-order chi connectivity index (χ0) is 19.6. The molecule has 0 saturated carbocycles. The molecule has 0 aliphatic heterocycles. The third-order valence-corrected chi connectivity index (χ3v) is 4.37. The number of aromatic hydroxyl groups is 2. The van der Waals surface area contributed by atoms with Crippen molar-refractivity contribution in [2.24, 2.45) is 0 Å². The summed E-state index contributed by atoms with van der Waals surface area (Å²) >= 11 is 0. The highest BCUT2D eigenvalue weighted by atomic mass is 16.5. The Hall–Kier alpha value is -3.48. The van der Waals surface area contributed by atoms with Crippen LogP contribution < -0.4 is 10.4 Å². The number of para-hydroxylation sites is 1. The van der Waals surface area contributed by atoms with Crippen molar-refractivity contribution >= 4 is 16.9 Å². The van der Waals surface area contributed by atoms with Crippen molar-refractivity contribution in [2.45, 2.75) is 12.3 Å². The molecule has 0 radical (unpaired) electrons. The summed E-state index contributed by atoms with van der Waals surface area (Å²) in [5.74, 6) is -1.65. The van der Waals surface area contributed by atoms with Crippen molar-refractivity contribution in [3.63, 3.8) is 0 Å². The lowest BCUT2D eigenvalue weighted by molar-refractivity contribution is -0.140. The molecular weight excluding hydrogens is 352 g/mol. The van der Waals surface area contributed by atoms with E-state index >= 15 is 0 Å². The lowest BCUT2D eigenvalue weighted by atomic mass is 9.88. The molecule has 2 aromatic carbocycles. The molecule has 27 heavy (non-hydrogen) atoms. The first-order valence-corrected chi connectivity index (χ1v) is 8.14. The van der Waals surface area contributed by atoms with E-state index in [1.54, 1.807) is 30.3 Å². The van der Waals surface area contributed by atoms with Crippen LogP contribution in [0.4, 0.5) is 0 Å². The van der Waals surface area contributed by atoms with E-state index < -0.39 is 17.5 Å². The van der Waals surface area contributed by atoms with Crippen molar-refractivity contribution in [3.05, 3.63) is 64.0 Å². The maximum absolute atomic E-state index is 12.6. The van der Waals surface area contributed by atoms with Crippen LogP contribution in [0.1, 0.15) is 23.5 Å². The lowest BCUT2D eigenvalue weighted by Crippen LogP contribution is -2.18. The van der Waals surface area contributed by atoms with Crippen LogP contribution in [-0.2, 0) is 9.53 Å². The largest absolute Gasteiger partial charge is 0.507 e. The molecule has 7 heteroatoms. The van der Waals surface area contributed by atoms with E-state index in [1.165, 1.54) is 26.4 Å². The van der Waals surface area contributed by atoms with Crippen molar-refractivity contribution in [1.29, 1.82) is 0 Å². The van der Waals surface area contributed by atoms with E-state index in [1.807, 2.05) is 0 Å². The van der Waals surface area contributed by atoms with Crippen LogP contribution >= 0.6 is 0 Å². The molecule has 0 aliphatic carbocycles. The Balaban J connectivity index is 2.22. The minimum Gasteiger partial charge on any atom is -0.507 e. The number of fused-ring (bicyclic) bond motifs is 1. The van der Waals surface area contributed by atoms with Gasteiger partial charge in [0.2, 0.25) is 0 Å². The van der Waals surface area contributed by atoms with E-state index in [0.717, 1.165) is 0 Å². The minimum atomic E-state index is -0.880. The number of methoxy groups -OCH3 is 2. The third-order valence-electron chi connectivity index (χ3n) is 4.37. The van der Waals surface area contributed by atoms with Crippen LogP contribution in [0.2, 0.25) is 0 Å². The number of ether oxygens (including phenoxy) is 2. The first kappa shape index (κ1) is 18.3. The van der Waals surface area contributed by atoms with Crippen molar-refractivity contribution < 1.29 is 28.9 Å². The summed E-state index contributed by atoms with van der Waals surface area (Å²) in [6, 6.07) is 11.0. The van der Waals surface area contributed by atoms with E-state index in [-0.39, 0.29) is 34.8 Å². The highest BCUT2D eigenvalue weighted by Crippen LogP contribution is 2.38. The van der Waals surface area contributed by atoms with Gasteiger partial charge in [-0.25, -0.2) is 4.79 Å². The molecule has 3 aromatic rings. The number of hydrogen-bond acceptors (Lipinski definition) is 7. The quantitative estimate of drug-likeness (QED) is 0.525. The fourth-order valence-corrected chi connectivity index (χ4v) is 3.02. The Bertz CT molecular complexity index is 1050. The number of benzene rings is 2. The second kappa shape index (κ2) is 7.41. The Labute approximate surface area is 154 Å². The van der Waals surface area contributed by atoms with Gasteiger partial charge in [0.15, 0.2) is 11.5 Å². The van der Waals surface area contributed by atoms with Gasteiger partial charge < -0.3 is 24.1 Å². The monoisotopic (exact) mass is 370 g/mol. The van der Waals surface area contributed by atoms with Gasteiger partial charge in [0.1, 0.15) is 11.3 Å². The minimum absolute atomic E-state index is 0.0799. The number of phenolic OH excluding ortho intramolecular Hbond substituents is 1. The Kier molecular flexibility index (Phi) is 5.03. The van der Waals surface area contributed by atoms with Gasteiger partial charge in [0.05, 0.1) is 31.6 Å². The molecular formula is C20H18O7. The zero-order valence-electron chi connectivity index (χ0n) is 14.8. The van der Waals surface area contributed by atoms with Gasteiger partial charge >= 0.3 is 11.6 Å². The van der Waals surface area contributed by atoms with Crippen LogP contribution in [0.15, 0.2) is 51.7 Å². The second-order valence-corrected chi connectivity index (χ2v) is 5.91. The summed E-state index contributed by atoms with van der Waals surface area (Å²) in [4.78, 5) is 24.5. The van der Waals surface area contributed by atoms with Crippen LogP contribution in [0.3, 0.4) is 0 Å². The van der Waals surface area contributed by atoms with Crippen molar-refractivity contribution in [2.75, 3.05) is 14.2 Å². The van der Waals surface area contributed by atoms with Gasteiger partial charge in [-0.2, -0.15) is 0 Å². The van der Waals surface area contributed by atoms with E-state index in [9.17, 15) is 19.8 Å². The van der Waals surface area contributed by atoms with E-state index in [0.29, 0.717) is 10.9 Å². The van der Waals surface area contributed by atoms with Crippen LogP contribution in [0.5, 0.6) is 17.2 Å². The molecule has 1 aromatic heterocycles. The topological polar surface area (TPSA) is 106 Å². The van der Waals surface area contributed by atoms with Crippen LogP contribution in [0.25, 0.3) is 11.0 Å². The molecule has 0 bridgehead atoms. The number of carbonyl (C=O) groups is 1. The number of carbonyl (C=O) groups excluding carboxylic acids is 1. The molecule has 3 rings (SSSR count). The van der Waals surface area contributed by atoms with Gasteiger partial charge in [0, 0.05) is 5.92 Å². The lowest BCUT2D eigenvalue weighted by Gasteiger charge is -2.18. The first-order valence-electron chi connectivity index (χ1n) is 8.14. The zero-order valence-corrected chi connectivity index (χ0v) is 14.8. The molecule has 0 amide bonds. The summed E-state index contributed by atoms with van der Waals surface area (Å²) < 4.78 is 15.1. The number of hydrogen-bond donors (Lipinski definition) is 2. The highest BCUT2D eigenvalue weighted by molar-refractivity contribution is 5.84. The van der Waals surface area contributed by atoms with Gasteiger partial charge in [-0.05, 0) is 29.8 Å². The molecule has 0 saturated heterocycles. The van der Waals surface area contributed by atoms with Gasteiger partial charge in [0.25, 0.3) is 0 Å². The van der Waals surface area contributed by atoms with Gasteiger partial charge in [-0.15, -0.1) is 0 Å². The number of esters is 1. The van der Waals surface area contributed by atoms with E-state index in [4.69, 9.17) is 13.9 Å². The summed E-state index contributed by atoms with van der Waals surface area (Å²) in [5, 5.41) is 21.1. The average Bonchev–Trinajstić information content (AvgIpc) is 2.67. The van der Waals surface area contributed by atoms with Crippen LogP contribution in [-0.4, -0.2) is 30.4 Å². The smallest absolute Gasteiger partial charge is 0.343 e. The normalized spacial score (nSPS) is 11.9. The van der Waals surface area contributed by atoms with Crippen LogP contribution in [0, 0.1) is 0 Å².